The van der Waals surface area contributed by atoms with E-state index in [1.54, 1.807) is 10.8 Å². The number of nitrogens with one attached hydrogen (secondary N) is 1. The Labute approximate surface area is 95.9 Å². The van der Waals surface area contributed by atoms with Gasteiger partial charge < -0.3 is 9.88 Å². The predicted molar refractivity (Wildman–Crippen MR) is 57.5 cm³/mol. The Hall–Kier alpha value is -1.98. The van der Waals surface area contributed by atoms with Crippen molar-refractivity contribution in [1.29, 1.82) is 0 Å². The summed E-state index contributed by atoms with van der Waals surface area (Å²) in [6.07, 6.45) is 3.17. The Balaban J connectivity index is 2.36. The van der Waals surface area contributed by atoms with Gasteiger partial charge in [0, 0.05) is 31.1 Å². The summed E-state index contributed by atoms with van der Waals surface area (Å²) in [7, 11) is 0. The molecule has 1 heterocycles. The highest BCUT2D eigenvalue weighted by Crippen LogP contribution is 2.23. The summed E-state index contributed by atoms with van der Waals surface area (Å²) in [6, 6.07) is 1.23. The first kappa shape index (κ1) is 11.5. The van der Waals surface area contributed by atoms with Gasteiger partial charge in [-0.15, -0.1) is 0 Å². The van der Waals surface area contributed by atoms with Gasteiger partial charge >= 0.3 is 0 Å². The second kappa shape index (κ2) is 4.48. The third kappa shape index (κ3) is 2.25. The first-order valence-corrected chi connectivity index (χ1v) is 5.04. The molecule has 0 saturated heterocycles. The Bertz CT molecular complexity index is 514. The van der Waals surface area contributed by atoms with Crippen LogP contribution in [-0.2, 0) is 6.54 Å². The van der Waals surface area contributed by atoms with E-state index >= 15 is 0 Å². The highest BCUT2D eigenvalue weighted by atomic mass is 19.1. The van der Waals surface area contributed by atoms with Crippen molar-refractivity contribution < 1.29 is 13.2 Å². The molecule has 0 aliphatic rings. The van der Waals surface area contributed by atoms with Gasteiger partial charge in [0.2, 0.25) is 5.95 Å². The van der Waals surface area contributed by atoms with Crippen molar-refractivity contribution in [2.45, 2.75) is 13.5 Å². The van der Waals surface area contributed by atoms with Crippen LogP contribution in [0.5, 0.6) is 0 Å². The Kier molecular flexibility index (Phi) is 3.03. The quantitative estimate of drug-likeness (QED) is 0.895. The molecule has 0 bridgehead atoms. The van der Waals surface area contributed by atoms with E-state index in [9.17, 15) is 13.2 Å². The van der Waals surface area contributed by atoms with Crippen molar-refractivity contribution in [2.75, 3.05) is 5.32 Å². The van der Waals surface area contributed by atoms with Gasteiger partial charge in [-0.1, -0.05) is 0 Å². The zero-order valence-electron chi connectivity index (χ0n) is 9.04. The molecular formula is C11H10F3N3. The molecule has 0 unspecified atom stereocenters. The lowest BCUT2D eigenvalue weighted by atomic mass is 10.3. The van der Waals surface area contributed by atoms with Gasteiger partial charge in [0.05, 0.1) is 0 Å². The lowest BCUT2D eigenvalue weighted by Crippen LogP contribution is -2.05. The third-order valence-corrected chi connectivity index (χ3v) is 2.30. The summed E-state index contributed by atoms with van der Waals surface area (Å²) in [4.78, 5) is 3.91. The molecule has 0 spiro atoms. The molecule has 1 aromatic carbocycles. The fraction of sp³-hybridized carbons (Fsp3) is 0.182. The SMILES string of the molecule is CCn1ccnc1Nc1c(F)cc(F)cc1F. The summed E-state index contributed by atoms with van der Waals surface area (Å²) in [5, 5.41) is 2.50. The van der Waals surface area contributed by atoms with Crippen LogP contribution >= 0.6 is 0 Å². The van der Waals surface area contributed by atoms with Gasteiger partial charge in [-0.05, 0) is 6.92 Å². The average Bonchev–Trinajstić information content (AvgIpc) is 2.70. The van der Waals surface area contributed by atoms with Crippen molar-refractivity contribution in [3.63, 3.8) is 0 Å². The molecule has 2 aromatic rings. The molecule has 1 aromatic heterocycles. The number of imidazole rings is 1. The maximum atomic E-state index is 13.4. The topological polar surface area (TPSA) is 29.9 Å². The number of benzene rings is 1. The normalized spacial score (nSPS) is 10.6. The lowest BCUT2D eigenvalue weighted by molar-refractivity contribution is 0.548. The highest BCUT2D eigenvalue weighted by molar-refractivity contribution is 5.55. The van der Waals surface area contributed by atoms with Crippen molar-refractivity contribution in [2.24, 2.45) is 0 Å². The number of rotatable bonds is 3. The first-order chi connectivity index (χ1) is 8.11. The van der Waals surface area contributed by atoms with Gasteiger partial charge in [0.1, 0.15) is 11.5 Å². The molecule has 0 saturated carbocycles. The number of hydrogen-bond acceptors (Lipinski definition) is 2. The van der Waals surface area contributed by atoms with Crippen molar-refractivity contribution in [3.05, 3.63) is 42.0 Å². The first-order valence-electron chi connectivity index (χ1n) is 5.04. The number of anilines is 2. The molecule has 17 heavy (non-hydrogen) atoms. The predicted octanol–water partition coefficient (Wildman–Crippen LogP) is 3.06. The highest BCUT2D eigenvalue weighted by Gasteiger charge is 2.13. The average molecular weight is 241 g/mol. The largest absolute Gasteiger partial charge is 0.321 e. The second-order valence-electron chi connectivity index (χ2n) is 3.41. The number of aryl methyl sites for hydroxylation is 1. The van der Waals surface area contributed by atoms with Crippen LogP contribution in [0, 0.1) is 17.5 Å². The fourth-order valence-corrected chi connectivity index (χ4v) is 1.46. The van der Waals surface area contributed by atoms with Crippen LogP contribution < -0.4 is 5.32 Å². The zero-order valence-corrected chi connectivity index (χ0v) is 9.04. The second-order valence-corrected chi connectivity index (χ2v) is 3.41. The number of halogens is 3. The van der Waals surface area contributed by atoms with Crippen LogP contribution in [0.15, 0.2) is 24.5 Å². The molecule has 0 aliphatic carbocycles. The van der Waals surface area contributed by atoms with E-state index in [1.165, 1.54) is 6.20 Å². The van der Waals surface area contributed by atoms with Crippen LogP contribution in [-0.4, -0.2) is 9.55 Å². The van der Waals surface area contributed by atoms with Crippen LogP contribution in [0.4, 0.5) is 24.8 Å². The van der Waals surface area contributed by atoms with Gasteiger partial charge in [-0.3, -0.25) is 0 Å². The van der Waals surface area contributed by atoms with Crippen LogP contribution in [0.3, 0.4) is 0 Å². The fourth-order valence-electron chi connectivity index (χ4n) is 1.46. The van der Waals surface area contributed by atoms with E-state index in [0.29, 0.717) is 24.6 Å². The van der Waals surface area contributed by atoms with Crippen LogP contribution in [0.1, 0.15) is 6.92 Å². The smallest absolute Gasteiger partial charge is 0.207 e. The van der Waals surface area contributed by atoms with Gasteiger partial charge in [-0.2, -0.15) is 0 Å². The summed E-state index contributed by atoms with van der Waals surface area (Å²) < 4.78 is 41.1. The van der Waals surface area contributed by atoms with Crippen molar-refractivity contribution in [1.82, 2.24) is 9.55 Å². The molecular weight excluding hydrogens is 231 g/mol. The molecule has 1 N–H and O–H groups in total. The minimum absolute atomic E-state index is 0.303. The molecule has 0 aliphatic heterocycles. The molecule has 0 atom stereocenters. The third-order valence-electron chi connectivity index (χ3n) is 2.30. The van der Waals surface area contributed by atoms with Crippen molar-refractivity contribution >= 4 is 11.6 Å². The molecule has 6 heteroatoms. The summed E-state index contributed by atoms with van der Waals surface area (Å²) in [5.41, 5.74) is -0.410. The van der Waals surface area contributed by atoms with E-state index in [-0.39, 0.29) is 0 Å². The summed E-state index contributed by atoms with van der Waals surface area (Å²) >= 11 is 0. The number of nitrogens with zero attached hydrogens (tertiary/aromatic N) is 2. The Morgan fingerprint density at radius 3 is 2.47 bits per heavy atom. The maximum Gasteiger partial charge on any atom is 0.207 e. The standard InChI is InChI=1S/C11H10F3N3/c1-2-17-4-3-15-11(17)16-10-8(13)5-7(12)6-9(10)14/h3-6H,2H2,1H3,(H,15,16). The lowest BCUT2D eigenvalue weighted by Gasteiger charge is -2.09. The van der Waals surface area contributed by atoms with E-state index in [2.05, 4.69) is 10.3 Å². The zero-order chi connectivity index (χ0) is 12.4. The number of aromatic nitrogens is 2. The molecule has 0 amide bonds. The number of hydrogen-bond donors (Lipinski definition) is 1. The molecule has 0 fully saturated rings. The van der Waals surface area contributed by atoms with E-state index < -0.39 is 23.1 Å². The minimum atomic E-state index is -0.992. The van der Waals surface area contributed by atoms with Gasteiger partial charge in [0.25, 0.3) is 0 Å². The molecule has 0 radical (unpaired) electrons. The Morgan fingerprint density at radius 2 is 1.88 bits per heavy atom. The van der Waals surface area contributed by atoms with Crippen LogP contribution in [0.2, 0.25) is 0 Å². The van der Waals surface area contributed by atoms with E-state index in [4.69, 9.17) is 0 Å². The van der Waals surface area contributed by atoms with E-state index in [1.807, 2.05) is 6.92 Å². The van der Waals surface area contributed by atoms with Gasteiger partial charge in [0.15, 0.2) is 11.6 Å². The van der Waals surface area contributed by atoms with Crippen molar-refractivity contribution in [3.8, 4) is 0 Å². The monoisotopic (exact) mass is 241 g/mol. The van der Waals surface area contributed by atoms with Crippen LogP contribution in [0.25, 0.3) is 0 Å². The minimum Gasteiger partial charge on any atom is -0.321 e. The molecule has 2 rings (SSSR count). The van der Waals surface area contributed by atoms with Gasteiger partial charge in [-0.25, -0.2) is 18.2 Å². The maximum absolute atomic E-state index is 13.4. The molecule has 3 nitrogen and oxygen atoms in total. The van der Waals surface area contributed by atoms with E-state index in [0.717, 1.165) is 0 Å². The molecule has 90 valence electrons. The Morgan fingerprint density at radius 1 is 1.24 bits per heavy atom. The summed E-state index contributed by atoms with van der Waals surface area (Å²) in [6.45, 7) is 2.47. The summed E-state index contributed by atoms with van der Waals surface area (Å²) in [5.74, 6) is -2.64.